The average molecular weight is 250 g/mol. The van der Waals surface area contributed by atoms with Gasteiger partial charge < -0.3 is 15.4 Å². The molecule has 0 amide bonds. The number of nitrogens with two attached hydrogens (primary N) is 1. The molecule has 1 saturated heterocycles. The smallest absolute Gasteiger partial charge is 0.125 e. The normalized spacial score (nSPS) is 32.1. The van der Waals surface area contributed by atoms with Gasteiger partial charge in [0, 0.05) is 24.6 Å². The van der Waals surface area contributed by atoms with Crippen molar-refractivity contribution in [3.8, 4) is 5.75 Å². The standard InChI is InChI=1S/C14H19FN2O/c1-17-6-2-5-14(9-17)8-12(16)11-7-10(15)3-4-13(11)18-14/h3-4,7,12H,2,5-6,8-9,16H2,1H3. The fourth-order valence-corrected chi connectivity index (χ4v) is 3.26. The molecule has 0 aliphatic carbocycles. The zero-order valence-electron chi connectivity index (χ0n) is 10.7. The van der Waals surface area contributed by atoms with Crippen LogP contribution in [0.2, 0.25) is 0 Å². The summed E-state index contributed by atoms with van der Waals surface area (Å²) in [6.07, 6.45) is 2.93. The molecule has 0 aromatic heterocycles. The summed E-state index contributed by atoms with van der Waals surface area (Å²) in [4.78, 5) is 2.28. The van der Waals surface area contributed by atoms with Gasteiger partial charge in [0.15, 0.2) is 0 Å². The number of rotatable bonds is 0. The number of ether oxygens (including phenoxy) is 1. The molecule has 1 aromatic rings. The van der Waals surface area contributed by atoms with Gasteiger partial charge in [0.2, 0.25) is 0 Å². The predicted octanol–water partition coefficient (Wildman–Crippen LogP) is 2.07. The van der Waals surface area contributed by atoms with E-state index in [1.807, 2.05) is 0 Å². The fraction of sp³-hybridized carbons (Fsp3) is 0.571. The number of hydrogen-bond donors (Lipinski definition) is 1. The number of piperidine rings is 1. The number of hydrogen-bond acceptors (Lipinski definition) is 3. The Hall–Kier alpha value is -1.13. The van der Waals surface area contributed by atoms with Gasteiger partial charge >= 0.3 is 0 Å². The Kier molecular flexibility index (Phi) is 2.79. The van der Waals surface area contributed by atoms with Crippen LogP contribution in [0.3, 0.4) is 0 Å². The van der Waals surface area contributed by atoms with Gasteiger partial charge in [-0.05, 0) is 44.6 Å². The maximum absolute atomic E-state index is 13.2. The lowest BCUT2D eigenvalue weighted by molar-refractivity contribution is -0.0235. The molecule has 98 valence electrons. The van der Waals surface area contributed by atoms with Crippen molar-refractivity contribution in [3.05, 3.63) is 29.6 Å². The van der Waals surface area contributed by atoms with Crippen LogP contribution in [0.25, 0.3) is 0 Å². The van der Waals surface area contributed by atoms with Crippen molar-refractivity contribution in [1.29, 1.82) is 0 Å². The van der Waals surface area contributed by atoms with Crippen molar-refractivity contribution in [2.75, 3.05) is 20.1 Å². The topological polar surface area (TPSA) is 38.5 Å². The minimum Gasteiger partial charge on any atom is -0.486 e. The number of nitrogens with zero attached hydrogens (tertiary/aromatic N) is 1. The van der Waals surface area contributed by atoms with Gasteiger partial charge in [0.1, 0.15) is 17.2 Å². The average Bonchev–Trinajstić information content (AvgIpc) is 2.30. The summed E-state index contributed by atoms with van der Waals surface area (Å²) >= 11 is 0. The third-order valence-corrected chi connectivity index (χ3v) is 4.02. The molecule has 0 radical (unpaired) electrons. The summed E-state index contributed by atoms with van der Waals surface area (Å²) in [5.41, 5.74) is 6.82. The lowest BCUT2D eigenvalue weighted by Gasteiger charge is -2.46. The number of benzene rings is 1. The van der Waals surface area contributed by atoms with Gasteiger partial charge in [-0.15, -0.1) is 0 Å². The van der Waals surface area contributed by atoms with E-state index in [1.54, 1.807) is 6.07 Å². The van der Waals surface area contributed by atoms with E-state index in [9.17, 15) is 4.39 Å². The van der Waals surface area contributed by atoms with Crippen molar-refractivity contribution in [3.63, 3.8) is 0 Å². The van der Waals surface area contributed by atoms with E-state index in [0.29, 0.717) is 0 Å². The van der Waals surface area contributed by atoms with Crippen LogP contribution in [-0.2, 0) is 0 Å². The van der Waals surface area contributed by atoms with Gasteiger partial charge in [-0.1, -0.05) is 0 Å². The number of likely N-dealkylation sites (tertiary alicyclic amines) is 1. The van der Waals surface area contributed by atoms with Crippen LogP contribution in [0.15, 0.2) is 18.2 Å². The van der Waals surface area contributed by atoms with Crippen molar-refractivity contribution in [2.45, 2.75) is 30.9 Å². The Morgan fingerprint density at radius 2 is 2.33 bits per heavy atom. The second kappa shape index (κ2) is 4.21. The van der Waals surface area contributed by atoms with Crippen LogP contribution in [0.4, 0.5) is 4.39 Å². The molecule has 1 aromatic carbocycles. The van der Waals surface area contributed by atoms with Crippen LogP contribution >= 0.6 is 0 Å². The summed E-state index contributed by atoms with van der Waals surface area (Å²) in [6.45, 7) is 2.01. The summed E-state index contributed by atoms with van der Waals surface area (Å²) < 4.78 is 19.4. The minimum absolute atomic E-state index is 0.129. The molecular formula is C14H19FN2O. The first kappa shape index (κ1) is 11.9. The molecule has 1 spiro atoms. The predicted molar refractivity (Wildman–Crippen MR) is 68.0 cm³/mol. The molecule has 2 N–H and O–H groups in total. The van der Waals surface area contributed by atoms with E-state index in [2.05, 4.69) is 11.9 Å². The van der Waals surface area contributed by atoms with Crippen LogP contribution < -0.4 is 10.5 Å². The minimum atomic E-state index is -0.246. The SMILES string of the molecule is CN1CCCC2(CC(N)c3cc(F)ccc3O2)C1. The third-order valence-electron chi connectivity index (χ3n) is 4.02. The largest absolute Gasteiger partial charge is 0.486 e. The number of fused-ring (bicyclic) bond motifs is 1. The zero-order chi connectivity index (χ0) is 12.8. The Balaban J connectivity index is 1.93. The molecule has 1 fully saturated rings. The van der Waals surface area contributed by atoms with Gasteiger partial charge in [-0.2, -0.15) is 0 Å². The quantitative estimate of drug-likeness (QED) is 0.766. The third kappa shape index (κ3) is 1.99. The lowest BCUT2D eigenvalue weighted by atomic mass is 9.82. The fourth-order valence-electron chi connectivity index (χ4n) is 3.26. The highest BCUT2D eigenvalue weighted by Crippen LogP contribution is 2.42. The Labute approximate surface area is 107 Å². The van der Waals surface area contributed by atoms with Crippen molar-refractivity contribution >= 4 is 0 Å². The molecule has 4 heteroatoms. The Morgan fingerprint density at radius 1 is 1.50 bits per heavy atom. The maximum Gasteiger partial charge on any atom is 0.125 e. The van der Waals surface area contributed by atoms with Crippen molar-refractivity contribution in [2.24, 2.45) is 5.73 Å². The Morgan fingerprint density at radius 3 is 3.11 bits per heavy atom. The van der Waals surface area contributed by atoms with Gasteiger partial charge in [0.05, 0.1) is 0 Å². The van der Waals surface area contributed by atoms with E-state index in [-0.39, 0.29) is 17.5 Å². The first-order valence-corrected chi connectivity index (χ1v) is 6.51. The first-order valence-electron chi connectivity index (χ1n) is 6.51. The van der Waals surface area contributed by atoms with E-state index in [1.165, 1.54) is 12.1 Å². The first-order chi connectivity index (χ1) is 8.58. The van der Waals surface area contributed by atoms with Crippen LogP contribution in [-0.4, -0.2) is 30.6 Å². The van der Waals surface area contributed by atoms with Gasteiger partial charge in [-0.25, -0.2) is 4.39 Å². The van der Waals surface area contributed by atoms with Gasteiger partial charge in [-0.3, -0.25) is 0 Å². The molecule has 2 unspecified atom stereocenters. The Bertz CT molecular complexity index is 465. The second-order valence-corrected chi connectivity index (χ2v) is 5.62. The summed E-state index contributed by atoms with van der Waals surface area (Å²) in [5.74, 6) is 0.509. The van der Waals surface area contributed by atoms with Crippen molar-refractivity contribution < 1.29 is 9.13 Å². The van der Waals surface area contributed by atoms with Crippen LogP contribution in [0, 0.1) is 5.82 Å². The molecule has 2 aliphatic rings. The lowest BCUT2D eigenvalue weighted by Crippen LogP contribution is -2.53. The highest BCUT2D eigenvalue weighted by molar-refractivity contribution is 5.39. The van der Waals surface area contributed by atoms with Crippen LogP contribution in [0.1, 0.15) is 30.9 Å². The molecule has 18 heavy (non-hydrogen) atoms. The zero-order valence-corrected chi connectivity index (χ0v) is 10.7. The van der Waals surface area contributed by atoms with E-state index < -0.39 is 0 Å². The van der Waals surface area contributed by atoms with Crippen LogP contribution in [0.5, 0.6) is 5.75 Å². The molecular weight excluding hydrogens is 231 g/mol. The highest BCUT2D eigenvalue weighted by Gasteiger charge is 2.42. The maximum atomic E-state index is 13.2. The molecule has 2 atom stereocenters. The molecule has 2 heterocycles. The summed E-state index contributed by atoms with van der Waals surface area (Å²) in [5, 5.41) is 0. The monoisotopic (exact) mass is 250 g/mol. The van der Waals surface area contributed by atoms with E-state index in [0.717, 1.165) is 43.7 Å². The van der Waals surface area contributed by atoms with Gasteiger partial charge in [0.25, 0.3) is 0 Å². The highest BCUT2D eigenvalue weighted by atomic mass is 19.1. The molecule has 3 rings (SSSR count). The molecule has 0 saturated carbocycles. The van der Waals surface area contributed by atoms with E-state index in [4.69, 9.17) is 10.5 Å². The molecule has 3 nitrogen and oxygen atoms in total. The number of likely N-dealkylation sites (N-methyl/N-ethyl adjacent to an activating group) is 1. The molecule has 0 bridgehead atoms. The summed E-state index contributed by atoms with van der Waals surface area (Å²) in [7, 11) is 2.11. The molecule has 2 aliphatic heterocycles. The second-order valence-electron chi connectivity index (χ2n) is 5.62. The number of halogens is 1. The van der Waals surface area contributed by atoms with E-state index >= 15 is 0 Å². The summed E-state index contributed by atoms with van der Waals surface area (Å²) in [6, 6.07) is 4.52. The van der Waals surface area contributed by atoms with Crippen molar-refractivity contribution in [1.82, 2.24) is 4.90 Å².